The maximum absolute atomic E-state index is 12.8. The molecular formula is C20H27NO5S. The Morgan fingerprint density at radius 1 is 1.04 bits per heavy atom. The van der Waals surface area contributed by atoms with Crippen LogP contribution < -0.4 is 9.47 Å². The van der Waals surface area contributed by atoms with Gasteiger partial charge in [-0.3, -0.25) is 4.79 Å². The topological polar surface area (TPSA) is 72.9 Å². The molecule has 2 fully saturated rings. The van der Waals surface area contributed by atoms with Gasteiger partial charge in [-0.1, -0.05) is 18.9 Å². The summed E-state index contributed by atoms with van der Waals surface area (Å²) in [5.74, 6) is 1.38. The first-order chi connectivity index (χ1) is 13.0. The van der Waals surface area contributed by atoms with E-state index in [0.717, 1.165) is 55.6 Å². The standard InChI is InChI=1S/C20H27NO5S/c22-20(9-13-27(23,24)16-4-1-2-5-16)21-10-3-6-17(21)15-7-8-18-19(14-15)26-12-11-25-18/h7-8,14,16-17H,1-6,9-13H2. The maximum atomic E-state index is 12.8. The molecule has 6 nitrogen and oxygen atoms in total. The van der Waals surface area contributed by atoms with Crippen LogP contribution in [0, 0.1) is 0 Å². The SMILES string of the molecule is O=C(CCS(=O)(=O)C1CCCC1)N1CCCC1c1ccc2c(c1)OCCO2. The second-order valence-corrected chi connectivity index (χ2v) is 10.1. The molecule has 1 aromatic rings. The number of sulfone groups is 1. The third-order valence-electron chi connectivity index (χ3n) is 5.93. The molecule has 1 atom stereocenters. The van der Waals surface area contributed by atoms with Gasteiger partial charge in [-0.2, -0.15) is 0 Å². The van der Waals surface area contributed by atoms with Gasteiger partial charge in [0.1, 0.15) is 13.2 Å². The van der Waals surface area contributed by atoms with Crippen LogP contribution in [0.15, 0.2) is 18.2 Å². The van der Waals surface area contributed by atoms with Gasteiger partial charge in [0.15, 0.2) is 21.3 Å². The molecule has 3 aliphatic rings. The van der Waals surface area contributed by atoms with Gasteiger partial charge in [-0.15, -0.1) is 0 Å². The molecule has 4 rings (SSSR count). The minimum absolute atomic E-state index is 0.0116. The number of nitrogens with zero attached hydrogens (tertiary/aromatic N) is 1. The van der Waals surface area contributed by atoms with Crippen LogP contribution in [0.5, 0.6) is 11.5 Å². The predicted octanol–water partition coefficient (Wildman–Crippen LogP) is 2.87. The lowest BCUT2D eigenvalue weighted by Crippen LogP contribution is -2.33. The summed E-state index contributed by atoms with van der Waals surface area (Å²) in [4.78, 5) is 14.6. The van der Waals surface area contributed by atoms with E-state index in [2.05, 4.69) is 0 Å². The monoisotopic (exact) mass is 393 g/mol. The summed E-state index contributed by atoms with van der Waals surface area (Å²) in [5, 5.41) is -0.238. The molecule has 0 aromatic heterocycles. The Kier molecular flexibility index (Phi) is 5.30. The fourth-order valence-electron chi connectivity index (χ4n) is 4.47. The zero-order chi connectivity index (χ0) is 18.9. The predicted molar refractivity (Wildman–Crippen MR) is 102 cm³/mol. The Balaban J connectivity index is 1.42. The molecule has 0 spiro atoms. The summed E-state index contributed by atoms with van der Waals surface area (Å²) < 4.78 is 36.2. The number of carbonyl (C=O) groups is 1. The van der Waals surface area contributed by atoms with E-state index in [0.29, 0.717) is 19.8 Å². The average Bonchev–Trinajstić information content (AvgIpc) is 3.38. The molecule has 1 saturated carbocycles. The molecule has 2 aliphatic heterocycles. The zero-order valence-corrected chi connectivity index (χ0v) is 16.4. The van der Waals surface area contributed by atoms with Gasteiger partial charge in [-0.25, -0.2) is 8.42 Å². The van der Waals surface area contributed by atoms with Crippen molar-refractivity contribution in [2.45, 2.75) is 56.2 Å². The van der Waals surface area contributed by atoms with Crippen molar-refractivity contribution in [3.8, 4) is 11.5 Å². The minimum atomic E-state index is -3.16. The van der Waals surface area contributed by atoms with E-state index in [1.807, 2.05) is 23.1 Å². The van der Waals surface area contributed by atoms with Crippen molar-refractivity contribution in [3.63, 3.8) is 0 Å². The third kappa shape index (κ3) is 3.93. The van der Waals surface area contributed by atoms with E-state index in [4.69, 9.17) is 9.47 Å². The lowest BCUT2D eigenvalue weighted by atomic mass is 10.0. The average molecular weight is 394 g/mol. The number of fused-ring (bicyclic) bond motifs is 1. The Morgan fingerprint density at radius 3 is 2.56 bits per heavy atom. The van der Waals surface area contributed by atoms with Crippen LogP contribution in [0.3, 0.4) is 0 Å². The van der Waals surface area contributed by atoms with Crippen molar-refractivity contribution in [1.82, 2.24) is 4.90 Å². The van der Waals surface area contributed by atoms with Crippen molar-refractivity contribution < 1.29 is 22.7 Å². The van der Waals surface area contributed by atoms with E-state index in [1.165, 1.54) is 0 Å². The van der Waals surface area contributed by atoms with Crippen LogP contribution in [0.1, 0.15) is 56.6 Å². The Morgan fingerprint density at radius 2 is 1.78 bits per heavy atom. The first-order valence-electron chi connectivity index (χ1n) is 9.95. The maximum Gasteiger partial charge on any atom is 0.224 e. The number of ether oxygens (including phenoxy) is 2. The smallest absolute Gasteiger partial charge is 0.224 e. The number of hydrogen-bond acceptors (Lipinski definition) is 5. The number of hydrogen-bond donors (Lipinski definition) is 0. The Bertz CT molecular complexity index is 801. The fraction of sp³-hybridized carbons (Fsp3) is 0.650. The van der Waals surface area contributed by atoms with Crippen LogP contribution in [-0.2, 0) is 14.6 Å². The van der Waals surface area contributed by atoms with Crippen molar-refractivity contribution in [3.05, 3.63) is 23.8 Å². The first-order valence-corrected chi connectivity index (χ1v) is 11.7. The van der Waals surface area contributed by atoms with Crippen LogP contribution in [-0.4, -0.2) is 50.0 Å². The van der Waals surface area contributed by atoms with E-state index < -0.39 is 9.84 Å². The van der Waals surface area contributed by atoms with E-state index in [-0.39, 0.29) is 29.4 Å². The highest BCUT2D eigenvalue weighted by molar-refractivity contribution is 7.92. The molecule has 1 aromatic carbocycles. The fourth-order valence-corrected chi connectivity index (χ4v) is 6.31. The zero-order valence-electron chi connectivity index (χ0n) is 15.6. The molecule has 0 N–H and O–H groups in total. The summed E-state index contributed by atoms with van der Waals surface area (Å²) in [5.41, 5.74) is 1.03. The molecule has 0 bridgehead atoms. The highest BCUT2D eigenvalue weighted by atomic mass is 32.2. The summed E-state index contributed by atoms with van der Waals surface area (Å²) in [6, 6.07) is 5.83. The van der Waals surface area contributed by atoms with Gasteiger partial charge in [-0.05, 0) is 43.4 Å². The summed E-state index contributed by atoms with van der Waals surface area (Å²) in [6.07, 6.45) is 5.37. The highest BCUT2D eigenvalue weighted by Gasteiger charge is 2.33. The summed E-state index contributed by atoms with van der Waals surface area (Å²) in [7, 11) is -3.16. The van der Waals surface area contributed by atoms with Gasteiger partial charge < -0.3 is 14.4 Å². The summed E-state index contributed by atoms with van der Waals surface area (Å²) in [6.45, 7) is 1.76. The molecule has 27 heavy (non-hydrogen) atoms. The lowest BCUT2D eigenvalue weighted by Gasteiger charge is -2.27. The normalized spacial score (nSPS) is 23.0. The molecular weight excluding hydrogens is 366 g/mol. The van der Waals surface area contributed by atoms with Crippen molar-refractivity contribution in [1.29, 1.82) is 0 Å². The highest BCUT2D eigenvalue weighted by Crippen LogP contribution is 2.38. The quantitative estimate of drug-likeness (QED) is 0.769. The molecule has 1 saturated heterocycles. The molecule has 1 amide bonds. The van der Waals surface area contributed by atoms with Crippen LogP contribution in [0.25, 0.3) is 0 Å². The first kappa shape index (κ1) is 18.6. The van der Waals surface area contributed by atoms with E-state index >= 15 is 0 Å². The second kappa shape index (κ2) is 7.70. The van der Waals surface area contributed by atoms with E-state index in [9.17, 15) is 13.2 Å². The molecule has 1 unspecified atom stereocenters. The van der Waals surface area contributed by atoms with Crippen LogP contribution >= 0.6 is 0 Å². The number of likely N-dealkylation sites (tertiary alicyclic amines) is 1. The number of carbonyl (C=O) groups excluding carboxylic acids is 1. The largest absolute Gasteiger partial charge is 0.486 e. The van der Waals surface area contributed by atoms with Gasteiger partial charge in [0.25, 0.3) is 0 Å². The Labute approximate surface area is 160 Å². The van der Waals surface area contributed by atoms with Crippen molar-refractivity contribution in [2.75, 3.05) is 25.5 Å². The summed E-state index contributed by atoms with van der Waals surface area (Å²) >= 11 is 0. The number of amides is 1. The molecule has 1 aliphatic carbocycles. The van der Waals surface area contributed by atoms with Gasteiger partial charge in [0.2, 0.25) is 5.91 Å². The van der Waals surface area contributed by atoms with E-state index in [1.54, 1.807) is 0 Å². The molecule has 2 heterocycles. The molecule has 148 valence electrons. The van der Waals surface area contributed by atoms with Crippen molar-refractivity contribution in [2.24, 2.45) is 0 Å². The van der Waals surface area contributed by atoms with Crippen LogP contribution in [0.4, 0.5) is 0 Å². The minimum Gasteiger partial charge on any atom is -0.486 e. The Hall–Kier alpha value is -1.76. The molecule has 7 heteroatoms. The second-order valence-electron chi connectivity index (χ2n) is 7.67. The van der Waals surface area contributed by atoms with Gasteiger partial charge in [0, 0.05) is 13.0 Å². The van der Waals surface area contributed by atoms with Crippen molar-refractivity contribution >= 4 is 15.7 Å². The number of benzene rings is 1. The van der Waals surface area contributed by atoms with Gasteiger partial charge in [0.05, 0.1) is 17.0 Å². The lowest BCUT2D eigenvalue weighted by molar-refractivity contribution is -0.131. The number of rotatable bonds is 5. The molecule has 0 radical (unpaired) electrons. The van der Waals surface area contributed by atoms with Crippen LogP contribution in [0.2, 0.25) is 0 Å². The van der Waals surface area contributed by atoms with Gasteiger partial charge >= 0.3 is 0 Å². The third-order valence-corrected chi connectivity index (χ3v) is 8.19.